The Morgan fingerprint density at radius 3 is 2.28 bits per heavy atom. The average molecular weight is 365 g/mol. The summed E-state index contributed by atoms with van der Waals surface area (Å²) >= 11 is 5.94. The van der Waals surface area contributed by atoms with Crippen molar-refractivity contribution in [3.63, 3.8) is 0 Å². The smallest absolute Gasteiger partial charge is 0.253 e. The van der Waals surface area contributed by atoms with E-state index in [0.29, 0.717) is 13.1 Å². The highest BCUT2D eigenvalue weighted by Gasteiger charge is 2.32. The van der Waals surface area contributed by atoms with Gasteiger partial charge in [0, 0.05) is 30.9 Å². The predicted octanol–water partition coefficient (Wildman–Crippen LogP) is 2.93. The van der Waals surface area contributed by atoms with Crippen molar-refractivity contribution >= 4 is 23.3 Å². The molecule has 0 bridgehead atoms. The van der Waals surface area contributed by atoms with Gasteiger partial charge in [0.1, 0.15) is 5.82 Å². The molecule has 2 rings (SSSR count). The van der Waals surface area contributed by atoms with E-state index in [0.717, 1.165) is 16.7 Å². The second-order valence-corrected chi connectivity index (χ2v) is 5.81. The number of carbonyl (C=O) groups is 2. The van der Waals surface area contributed by atoms with Crippen LogP contribution in [0.3, 0.4) is 0 Å². The van der Waals surface area contributed by atoms with Gasteiger partial charge < -0.3 is 4.90 Å². The summed E-state index contributed by atoms with van der Waals surface area (Å²) in [7, 11) is 0. The monoisotopic (exact) mass is 364 g/mol. The molecule has 0 saturated heterocycles. The second-order valence-electron chi connectivity index (χ2n) is 5.38. The Labute approximate surface area is 149 Å². The molecule has 25 heavy (non-hydrogen) atoms. The number of pyridine rings is 1. The lowest BCUT2D eigenvalue weighted by Crippen LogP contribution is -2.43. The van der Waals surface area contributed by atoms with Gasteiger partial charge in [0.2, 0.25) is 0 Å². The van der Waals surface area contributed by atoms with Crippen molar-refractivity contribution in [3.05, 3.63) is 69.4 Å². The van der Waals surface area contributed by atoms with E-state index in [1.54, 1.807) is 13.8 Å². The van der Waals surface area contributed by atoms with Gasteiger partial charge in [-0.15, -0.1) is 0 Å². The van der Waals surface area contributed by atoms with Crippen LogP contribution in [0.2, 0.25) is 5.02 Å². The highest BCUT2D eigenvalue weighted by molar-refractivity contribution is 6.30. The zero-order chi connectivity index (χ0) is 18.6. The Hall–Kier alpha value is -2.47. The van der Waals surface area contributed by atoms with Crippen LogP contribution in [-0.4, -0.2) is 34.2 Å². The van der Waals surface area contributed by atoms with Gasteiger partial charge in [-0.1, -0.05) is 11.6 Å². The first-order chi connectivity index (χ1) is 11.9. The number of Topliss-reactive ketones (excluding diaryl/α,β-unsaturated/α-hetero) is 1. The first-order valence-corrected chi connectivity index (χ1v) is 8.23. The van der Waals surface area contributed by atoms with Gasteiger partial charge in [-0.05, 0) is 44.2 Å². The molecular weight excluding hydrogens is 347 g/mol. The zero-order valence-corrected chi connectivity index (χ0v) is 14.7. The second kappa shape index (κ2) is 8.07. The first-order valence-electron chi connectivity index (χ1n) is 7.85. The molecule has 1 aromatic carbocycles. The van der Waals surface area contributed by atoms with Gasteiger partial charge in [-0.2, -0.15) is 0 Å². The molecule has 5 nitrogen and oxygen atoms in total. The van der Waals surface area contributed by atoms with Crippen molar-refractivity contribution in [3.8, 4) is 0 Å². The average Bonchev–Trinajstić information content (AvgIpc) is 2.60. The summed E-state index contributed by atoms with van der Waals surface area (Å²) in [6.07, 6.45) is 1.26. The van der Waals surface area contributed by atoms with Crippen molar-refractivity contribution in [1.29, 1.82) is 0 Å². The van der Waals surface area contributed by atoms with E-state index in [-0.39, 0.29) is 10.6 Å². The van der Waals surface area contributed by atoms with Gasteiger partial charge in [0.15, 0.2) is 11.8 Å². The van der Waals surface area contributed by atoms with Crippen LogP contribution < -0.4 is 5.56 Å². The van der Waals surface area contributed by atoms with Crippen molar-refractivity contribution in [2.45, 2.75) is 19.9 Å². The minimum Gasteiger partial charge on any atom is -0.341 e. The first kappa shape index (κ1) is 18.9. The third-order valence-corrected chi connectivity index (χ3v) is 4.09. The lowest BCUT2D eigenvalue weighted by atomic mass is 10.0. The van der Waals surface area contributed by atoms with E-state index >= 15 is 0 Å². The summed E-state index contributed by atoms with van der Waals surface area (Å²) in [5.74, 6) is -1.60. The summed E-state index contributed by atoms with van der Waals surface area (Å²) in [6.45, 7) is 4.33. The number of benzene rings is 1. The van der Waals surface area contributed by atoms with Crippen LogP contribution in [0, 0.1) is 5.82 Å². The van der Waals surface area contributed by atoms with Gasteiger partial charge >= 0.3 is 0 Å². The maximum atomic E-state index is 13.1. The van der Waals surface area contributed by atoms with Crippen molar-refractivity contribution in [2.75, 3.05) is 13.1 Å². The summed E-state index contributed by atoms with van der Waals surface area (Å²) in [6, 6.07) is 6.03. The summed E-state index contributed by atoms with van der Waals surface area (Å²) < 4.78 is 14.2. The Kier molecular flexibility index (Phi) is 6.09. The van der Waals surface area contributed by atoms with Gasteiger partial charge in [-0.3, -0.25) is 19.0 Å². The molecule has 0 fully saturated rings. The number of ketones is 1. The number of carbonyl (C=O) groups excluding carboxylic acids is 2. The molecule has 0 aliphatic carbocycles. The predicted molar refractivity (Wildman–Crippen MR) is 93.4 cm³/mol. The molecule has 0 aliphatic rings. The minimum atomic E-state index is -1.39. The maximum absolute atomic E-state index is 13.1. The standard InChI is InChI=1S/C18H18ClFN2O3/c1-3-21(4-2)18(25)16(22-11-13(19)7-10-15(22)23)17(24)12-5-8-14(20)9-6-12/h5-11,16H,3-4H2,1-2H3/t16-/m1/s1. The molecule has 132 valence electrons. The molecule has 7 heteroatoms. The molecule has 0 spiro atoms. The van der Waals surface area contributed by atoms with E-state index in [2.05, 4.69) is 0 Å². The van der Waals surface area contributed by atoms with Crippen LogP contribution in [0.4, 0.5) is 4.39 Å². The minimum absolute atomic E-state index is 0.138. The Balaban J connectivity index is 2.57. The molecule has 1 aromatic heterocycles. The number of nitrogens with zero attached hydrogens (tertiary/aromatic N) is 2. The van der Waals surface area contributed by atoms with E-state index in [4.69, 9.17) is 11.6 Å². The zero-order valence-electron chi connectivity index (χ0n) is 13.9. The topological polar surface area (TPSA) is 59.4 Å². The van der Waals surface area contributed by atoms with Crippen LogP contribution in [-0.2, 0) is 4.79 Å². The Morgan fingerprint density at radius 2 is 1.72 bits per heavy atom. The molecule has 2 aromatic rings. The molecular formula is C18H18ClFN2O3. The third kappa shape index (κ3) is 4.14. The van der Waals surface area contributed by atoms with Crippen molar-refractivity contribution < 1.29 is 14.0 Å². The highest BCUT2D eigenvalue weighted by Crippen LogP contribution is 2.19. The number of hydrogen-bond donors (Lipinski definition) is 0. The normalized spacial score (nSPS) is 11.8. The van der Waals surface area contributed by atoms with Crippen molar-refractivity contribution in [2.24, 2.45) is 0 Å². The maximum Gasteiger partial charge on any atom is 0.253 e. The van der Waals surface area contributed by atoms with Crippen LogP contribution in [0.25, 0.3) is 0 Å². The SMILES string of the molecule is CCN(CC)C(=O)[C@@H](C(=O)c1ccc(F)cc1)n1cc(Cl)ccc1=O. The highest BCUT2D eigenvalue weighted by atomic mass is 35.5. The van der Waals surface area contributed by atoms with Gasteiger partial charge in [-0.25, -0.2) is 4.39 Å². The molecule has 1 atom stereocenters. The Morgan fingerprint density at radius 1 is 1.12 bits per heavy atom. The van der Waals surface area contributed by atoms with E-state index in [1.165, 1.54) is 35.4 Å². The van der Waals surface area contributed by atoms with Crippen LogP contribution >= 0.6 is 11.6 Å². The lowest BCUT2D eigenvalue weighted by Gasteiger charge is -2.25. The van der Waals surface area contributed by atoms with Crippen LogP contribution in [0.5, 0.6) is 0 Å². The van der Waals surface area contributed by atoms with E-state index in [1.807, 2.05) is 0 Å². The molecule has 0 unspecified atom stereocenters. The number of amides is 1. The van der Waals surface area contributed by atoms with E-state index < -0.39 is 29.1 Å². The summed E-state index contributed by atoms with van der Waals surface area (Å²) in [4.78, 5) is 39.5. The van der Waals surface area contributed by atoms with E-state index in [9.17, 15) is 18.8 Å². The molecule has 0 radical (unpaired) electrons. The number of halogens is 2. The number of rotatable bonds is 6. The lowest BCUT2D eigenvalue weighted by molar-refractivity contribution is -0.133. The quantitative estimate of drug-likeness (QED) is 0.585. The largest absolute Gasteiger partial charge is 0.341 e. The fourth-order valence-electron chi connectivity index (χ4n) is 2.52. The molecule has 0 saturated carbocycles. The molecule has 0 aliphatic heterocycles. The molecule has 1 heterocycles. The summed E-state index contributed by atoms with van der Waals surface area (Å²) in [5, 5.41) is 0.226. The van der Waals surface area contributed by atoms with Crippen LogP contribution in [0.1, 0.15) is 30.2 Å². The molecule has 0 N–H and O–H groups in total. The van der Waals surface area contributed by atoms with Crippen molar-refractivity contribution in [1.82, 2.24) is 9.47 Å². The number of aromatic nitrogens is 1. The number of likely N-dealkylation sites (N-methyl/N-ethyl adjacent to an activating group) is 1. The third-order valence-electron chi connectivity index (χ3n) is 3.87. The summed E-state index contributed by atoms with van der Waals surface area (Å²) in [5.41, 5.74) is -0.385. The molecule has 1 amide bonds. The fourth-order valence-corrected chi connectivity index (χ4v) is 2.68. The van der Waals surface area contributed by atoms with Gasteiger partial charge in [0.05, 0.1) is 5.02 Å². The Bertz CT molecular complexity index is 829. The fraction of sp³-hybridized carbons (Fsp3) is 0.278. The number of hydrogen-bond acceptors (Lipinski definition) is 3. The van der Waals surface area contributed by atoms with Crippen LogP contribution in [0.15, 0.2) is 47.4 Å². The van der Waals surface area contributed by atoms with Gasteiger partial charge in [0.25, 0.3) is 11.5 Å².